The first-order valence-corrected chi connectivity index (χ1v) is 19.3. The second-order valence-corrected chi connectivity index (χ2v) is 15.1. The summed E-state index contributed by atoms with van der Waals surface area (Å²) in [6, 6.07) is 75.9. The van der Waals surface area contributed by atoms with Gasteiger partial charge in [0.25, 0.3) is 0 Å². The van der Waals surface area contributed by atoms with Crippen LogP contribution in [0.2, 0.25) is 0 Å². The Morgan fingerprint density at radius 2 is 0.554 bits per heavy atom. The monoisotopic (exact) mass is 722 g/mol. The fourth-order valence-corrected chi connectivity index (χ4v) is 7.11. The van der Waals surface area contributed by atoms with Crippen LogP contribution in [0.4, 0.5) is 34.1 Å². The zero-order chi connectivity index (χ0) is 38.3. The fourth-order valence-electron chi connectivity index (χ4n) is 7.11. The number of benzene rings is 8. The van der Waals surface area contributed by atoms with E-state index in [1.54, 1.807) is 0 Å². The fraction of sp³-hybridized carbons (Fsp3) is 0.0741. The van der Waals surface area contributed by atoms with Crippen LogP contribution in [0, 0.1) is 0 Å². The van der Waals surface area contributed by atoms with E-state index >= 15 is 0 Å². The third kappa shape index (κ3) is 8.26. The molecule has 0 bridgehead atoms. The molecule has 2 heteroatoms. The first kappa shape index (κ1) is 36.1. The van der Waals surface area contributed by atoms with Gasteiger partial charge < -0.3 is 9.80 Å². The summed E-state index contributed by atoms with van der Waals surface area (Å²) in [5.74, 6) is 0. The second-order valence-electron chi connectivity index (χ2n) is 15.1. The van der Waals surface area contributed by atoms with Gasteiger partial charge in [0.05, 0.1) is 0 Å². The molecule has 8 aromatic rings. The summed E-state index contributed by atoms with van der Waals surface area (Å²) < 4.78 is 0. The maximum absolute atomic E-state index is 2.32. The number of para-hydroxylation sites is 1. The average molecular weight is 723 g/mol. The van der Waals surface area contributed by atoms with E-state index in [2.05, 4.69) is 255 Å². The Labute approximate surface area is 332 Å². The highest BCUT2D eigenvalue weighted by Crippen LogP contribution is 2.38. The van der Waals surface area contributed by atoms with E-state index in [0.717, 1.165) is 45.3 Å². The Hall–Kier alpha value is -6.90. The minimum atomic E-state index is 0.105. The molecule has 0 aliphatic heterocycles. The van der Waals surface area contributed by atoms with E-state index in [1.165, 1.54) is 27.8 Å². The maximum Gasteiger partial charge on any atom is 0.0462 e. The van der Waals surface area contributed by atoms with Gasteiger partial charge in [-0.3, -0.25) is 0 Å². The summed E-state index contributed by atoms with van der Waals surface area (Å²) in [5.41, 5.74) is 15.2. The van der Waals surface area contributed by atoms with Gasteiger partial charge in [-0.2, -0.15) is 0 Å². The number of hydrogen-bond acceptors (Lipinski definition) is 2. The Morgan fingerprint density at radius 1 is 0.286 bits per heavy atom. The number of nitrogens with zero attached hydrogens (tertiary/aromatic N) is 2. The molecule has 0 radical (unpaired) electrons. The van der Waals surface area contributed by atoms with Crippen LogP contribution in [0.1, 0.15) is 37.5 Å². The number of hydrogen-bond donors (Lipinski definition) is 0. The van der Waals surface area contributed by atoms with Crippen molar-refractivity contribution in [2.45, 2.75) is 26.2 Å². The molecule has 56 heavy (non-hydrogen) atoms. The molecule has 0 aliphatic carbocycles. The summed E-state index contributed by atoms with van der Waals surface area (Å²) in [6.07, 6.45) is 4.37. The summed E-state index contributed by atoms with van der Waals surface area (Å²) >= 11 is 0. The molecule has 0 aliphatic rings. The van der Waals surface area contributed by atoms with E-state index < -0.39 is 0 Å². The van der Waals surface area contributed by atoms with Gasteiger partial charge in [-0.15, -0.1) is 0 Å². The molecule has 272 valence electrons. The standard InChI is InChI=1S/C54H46N2/c1-54(2,3)47-29-39-53(40-30-47)55(48-17-11-6-12-18-48)49-31-21-41(22-32-49)19-20-42-23-33-50(34-24-42)56(51-35-25-45(26-36-51)43-13-7-4-8-14-43)52-37-27-46(28-38-52)44-15-9-5-10-16-44/h4-40H,1-3H3. The molecular formula is C54H46N2. The first-order chi connectivity index (χ1) is 27.4. The molecule has 0 saturated heterocycles. The van der Waals surface area contributed by atoms with Crippen LogP contribution >= 0.6 is 0 Å². The molecule has 0 saturated carbocycles. The molecule has 0 heterocycles. The van der Waals surface area contributed by atoms with Crippen LogP contribution in [0.3, 0.4) is 0 Å². The zero-order valence-electron chi connectivity index (χ0n) is 32.3. The lowest BCUT2D eigenvalue weighted by Gasteiger charge is -2.27. The van der Waals surface area contributed by atoms with E-state index in [4.69, 9.17) is 0 Å². The Bertz CT molecular complexity index is 2400. The number of anilines is 6. The zero-order valence-corrected chi connectivity index (χ0v) is 32.3. The van der Waals surface area contributed by atoms with Crippen molar-refractivity contribution in [3.63, 3.8) is 0 Å². The third-order valence-corrected chi connectivity index (χ3v) is 10.2. The molecule has 0 amide bonds. The lowest BCUT2D eigenvalue weighted by molar-refractivity contribution is 0.590. The SMILES string of the molecule is CC(C)(C)c1ccc(N(c2ccccc2)c2ccc(C=Cc3ccc(N(c4ccc(-c5ccccc5)cc4)c4ccc(-c5ccccc5)cc4)cc3)cc2)cc1. The van der Waals surface area contributed by atoms with Crippen molar-refractivity contribution in [2.24, 2.45) is 0 Å². The topological polar surface area (TPSA) is 6.48 Å². The van der Waals surface area contributed by atoms with Crippen LogP contribution in [-0.4, -0.2) is 0 Å². The normalized spacial score (nSPS) is 11.4. The maximum atomic E-state index is 2.32. The van der Waals surface area contributed by atoms with Gasteiger partial charge in [-0.1, -0.05) is 172 Å². The molecular weight excluding hydrogens is 677 g/mol. The van der Waals surface area contributed by atoms with Crippen LogP contribution in [-0.2, 0) is 5.41 Å². The summed E-state index contributed by atoms with van der Waals surface area (Å²) in [7, 11) is 0. The summed E-state index contributed by atoms with van der Waals surface area (Å²) in [4.78, 5) is 4.64. The highest BCUT2D eigenvalue weighted by Gasteiger charge is 2.17. The molecule has 8 rings (SSSR count). The van der Waals surface area contributed by atoms with Gasteiger partial charge >= 0.3 is 0 Å². The van der Waals surface area contributed by atoms with Crippen molar-refractivity contribution in [3.05, 3.63) is 229 Å². The first-order valence-electron chi connectivity index (χ1n) is 19.3. The Balaban J connectivity index is 1.04. The van der Waals surface area contributed by atoms with Crippen molar-refractivity contribution < 1.29 is 0 Å². The third-order valence-electron chi connectivity index (χ3n) is 10.2. The highest BCUT2D eigenvalue weighted by atomic mass is 15.1. The molecule has 0 aromatic heterocycles. The van der Waals surface area contributed by atoms with Crippen LogP contribution < -0.4 is 9.80 Å². The highest BCUT2D eigenvalue weighted by molar-refractivity contribution is 5.82. The molecule has 8 aromatic carbocycles. The van der Waals surface area contributed by atoms with E-state index in [-0.39, 0.29) is 5.41 Å². The number of rotatable bonds is 10. The smallest absolute Gasteiger partial charge is 0.0462 e. The van der Waals surface area contributed by atoms with Crippen molar-refractivity contribution in [1.29, 1.82) is 0 Å². The average Bonchev–Trinajstić information content (AvgIpc) is 3.25. The van der Waals surface area contributed by atoms with Crippen molar-refractivity contribution >= 4 is 46.3 Å². The van der Waals surface area contributed by atoms with E-state index in [1.807, 2.05) is 0 Å². The van der Waals surface area contributed by atoms with Crippen molar-refractivity contribution in [1.82, 2.24) is 0 Å². The minimum absolute atomic E-state index is 0.105. The van der Waals surface area contributed by atoms with Crippen molar-refractivity contribution in [2.75, 3.05) is 9.80 Å². The molecule has 0 fully saturated rings. The van der Waals surface area contributed by atoms with Gasteiger partial charge in [0.2, 0.25) is 0 Å². The lowest BCUT2D eigenvalue weighted by Crippen LogP contribution is -2.13. The van der Waals surface area contributed by atoms with Gasteiger partial charge in [-0.05, 0) is 117 Å². The van der Waals surface area contributed by atoms with Crippen LogP contribution in [0.5, 0.6) is 0 Å². The second kappa shape index (κ2) is 16.2. The van der Waals surface area contributed by atoms with Gasteiger partial charge in [0.1, 0.15) is 0 Å². The van der Waals surface area contributed by atoms with Gasteiger partial charge in [-0.25, -0.2) is 0 Å². The van der Waals surface area contributed by atoms with E-state index in [9.17, 15) is 0 Å². The van der Waals surface area contributed by atoms with E-state index in [0.29, 0.717) is 0 Å². The molecule has 0 spiro atoms. The molecule has 0 unspecified atom stereocenters. The Morgan fingerprint density at radius 3 is 0.893 bits per heavy atom. The largest absolute Gasteiger partial charge is 0.311 e. The predicted octanol–water partition coefficient (Wildman–Crippen LogP) is 15.4. The Kier molecular flexibility index (Phi) is 10.5. The van der Waals surface area contributed by atoms with Gasteiger partial charge in [0, 0.05) is 34.1 Å². The summed E-state index contributed by atoms with van der Waals surface area (Å²) in [5, 5.41) is 0. The van der Waals surface area contributed by atoms with Gasteiger partial charge in [0.15, 0.2) is 0 Å². The van der Waals surface area contributed by atoms with Crippen molar-refractivity contribution in [3.8, 4) is 22.3 Å². The predicted molar refractivity (Wildman–Crippen MR) is 241 cm³/mol. The lowest BCUT2D eigenvalue weighted by atomic mass is 9.87. The quantitative estimate of drug-likeness (QED) is 0.130. The molecule has 2 nitrogen and oxygen atoms in total. The molecule has 0 N–H and O–H groups in total. The van der Waals surface area contributed by atoms with Crippen LogP contribution in [0.15, 0.2) is 212 Å². The van der Waals surface area contributed by atoms with Crippen LogP contribution in [0.25, 0.3) is 34.4 Å². The minimum Gasteiger partial charge on any atom is -0.311 e. The molecule has 0 atom stereocenters. The summed E-state index contributed by atoms with van der Waals surface area (Å²) in [6.45, 7) is 6.76.